The Bertz CT molecular complexity index is 743. The number of imidazole rings is 1. The van der Waals surface area contributed by atoms with Crippen LogP contribution in [0, 0.1) is 0 Å². The van der Waals surface area contributed by atoms with E-state index >= 15 is 0 Å². The highest BCUT2D eigenvalue weighted by Gasteiger charge is 2.09. The molecule has 19 heavy (non-hydrogen) atoms. The van der Waals surface area contributed by atoms with Gasteiger partial charge in [0.1, 0.15) is 12.1 Å². The van der Waals surface area contributed by atoms with Gasteiger partial charge in [0.25, 0.3) is 0 Å². The average Bonchev–Trinajstić information content (AvgIpc) is 2.77. The number of benzene rings is 2. The Balaban J connectivity index is 2.06. The minimum atomic E-state index is 0.667. The third-order valence-electron chi connectivity index (χ3n) is 3.41. The summed E-state index contributed by atoms with van der Waals surface area (Å²) in [5.74, 6) is 0.968. The molecule has 0 aliphatic carbocycles. The van der Waals surface area contributed by atoms with Crippen LogP contribution in [-0.2, 0) is 13.5 Å². The van der Waals surface area contributed by atoms with Crippen molar-refractivity contribution < 1.29 is 4.79 Å². The fourth-order valence-corrected chi connectivity index (χ4v) is 2.33. The van der Waals surface area contributed by atoms with Crippen molar-refractivity contribution in [2.75, 3.05) is 0 Å². The summed E-state index contributed by atoms with van der Waals surface area (Å²) in [4.78, 5) is 15.7. The monoisotopic (exact) mass is 250 g/mol. The van der Waals surface area contributed by atoms with Gasteiger partial charge in [-0.3, -0.25) is 4.79 Å². The number of rotatable bonds is 3. The van der Waals surface area contributed by atoms with E-state index in [0.29, 0.717) is 6.42 Å². The Morgan fingerprint density at radius 1 is 1.11 bits per heavy atom. The van der Waals surface area contributed by atoms with E-state index in [0.717, 1.165) is 34.3 Å². The normalized spacial score (nSPS) is 10.8. The standard InChI is InChI=1S/C16H14N2O/c1-18-15-9-5-4-8-14(15)17-16(18)10-12-6-2-3-7-13(12)11-19/h2-9,11H,10H2,1H3. The smallest absolute Gasteiger partial charge is 0.150 e. The molecule has 0 saturated heterocycles. The van der Waals surface area contributed by atoms with Gasteiger partial charge in [0.15, 0.2) is 0 Å². The number of hydrogen-bond acceptors (Lipinski definition) is 2. The molecule has 2 aromatic carbocycles. The average molecular weight is 250 g/mol. The zero-order valence-electron chi connectivity index (χ0n) is 10.7. The Morgan fingerprint density at radius 3 is 2.63 bits per heavy atom. The van der Waals surface area contributed by atoms with Gasteiger partial charge in [0, 0.05) is 19.0 Å². The van der Waals surface area contributed by atoms with Crippen molar-refractivity contribution in [2.24, 2.45) is 7.05 Å². The van der Waals surface area contributed by atoms with Crippen LogP contribution in [0.5, 0.6) is 0 Å². The Kier molecular flexibility index (Phi) is 2.88. The number of para-hydroxylation sites is 2. The van der Waals surface area contributed by atoms with Crippen LogP contribution in [0.2, 0.25) is 0 Å². The first-order valence-electron chi connectivity index (χ1n) is 6.23. The first kappa shape index (κ1) is 11.7. The van der Waals surface area contributed by atoms with Crippen LogP contribution in [0.15, 0.2) is 48.5 Å². The largest absolute Gasteiger partial charge is 0.331 e. The molecular formula is C16H14N2O. The fourth-order valence-electron chi connectivity index (χ4n) is 2.33. The van der Waals surface area contributed by atoms with E-state index in [1.807, 2.05) is 49.5 Å². The molecule has 0 amide bonds. The molecule has 0 unspecified atom stereocenters. The summed E-state index contributed by atoms with van der Waals surface area (Å²) in [6, 6.07) is 15.7. The van der Waals surface area contributed by atoms with Gasteiger partial charge in [-0.15, -0.1) is 0 Å². The van der Waals surface area contributed by atoms with E-state index in [-0.39, 0.29) is 0 Å². The molecule has 3 aromatic rings. The lowest BCUT2D eigenvalue weighted by Gasteiger charge is -2.05. The molecule has 1 aromatic heterocycles. The molecule has 0 N–H and O–H groups in total. The minimum absolute atomic E-state index is 0.667. The lowest BCUT2D eigenvalue weighted by atomic mass is 10.1. The molecule has 3 heteroatoms. The Hall–Kier alpha value is -2.42. The third-order valence-corrected chi connectivity index (χ3v) is 3.41. The minimum Gasteiger partial charge on any atom is -0.331 e. The number of aromatic nitrogens is 2. The molecule has 0 saturated carbocycles. The summed E-state index contributed by atoms with van der Waals surface area (Å²) in [7, 11) is 2.01. The highest BCUT2D eigenvalue weighted by atomic mass is 16.1. The molecule has 0 atom stereocenters. The molecule has 0 aliphatic rings. The molecule has 0 bridgehead atoms. The lowest BCUT2D eigenvalue weighted by molar-refractivity contribution is 0.112. The van der Waals surface area contributed by atoms with Crippen molar-refractivity contribution in [2.45, 2.75) is 6.42 Å². The summed E-state index contributed by atoms with van der Waals surface area (Å²) < 4.78 is 2.08. The maximum atomic E-state index is 11.0. The lowest BCUT2D eigenvalue weighted by Crippen LogP contribution is -2.01. The molecule has 0 spiro atoms. The second kappa shape index (κ2) is 4.69. The quantitative estimate of drug-likeness (QED) is 0.670. The zero-order chi connectivity index (χ0) is 13.2. The van der Waals surface area contributed by atoms with Gasteiger partial charge >= 0.3 is 0 Å². The molecule has 3 nitrogen and oxygen atoms in total. The predicted molar refractivity (Wildman–Crippen MR) is 75.3 cm³/mol. The van der Waals surface area contributed by atoms with Crippen molar-refractivity contribution in [3.8, 4) is 0 Å². The molecular weight excluding hydrogens is 236 g/mol. The maximum absolute atomic E-state index is 11.0. The Labute approximate surface area is 111 Å². The number of carbonyl (C=O) groups is 1. The molecule has 1 heterocycles. The third kappa shape index (κ3) is 2.03. The highest BCUT2D eigenvalue weighted by molar-refractivity contribution is 5.78. The Morgan fingerprint density at radius 2 is 1.84 bits per heavy atom. The SMILES string of the molecule is Cn1c(Cc2ccccc2C=O)nc2ccccc21. The molecule has 0 radical (unpaired) electrons. The zero-order valence-corrected chi connectivity index (χ0v) is 10.7. The first-order valence-corrected chi connectivity index (χ1v) is 6.23. The van der Waals surface area contributed by atoms with Gasteiger partial charge in [0.2, 0.25) is 0 Å². The van der Waals surface area contributed by atoms with Crippen molar-refractivity contribution in [1.82, 2.24) is 9.55 Å². The number of aldehydes is 1. The van der Waals surface area contributed by atoms with Gasteiger partial charge in [-0.25, -0.2) is 4.98 Å². The van der Waals surface area contributed by atoms with Crippen LogP contribution in [-0.4, -0.2) is 15.8 Å². The predicted octanol–water partition coefficient (Wildman–Crippen LogP) is 2.98. The van der Waals surface area contributed by atoms with Crippen molar-refractivity contribution >= 4 is 17.3 Å². The maximum Gasteiger partial charge on any atom is 0.150 e. The number of nitrogens with zero attached hydrogens (tertiary/aromatic N) is 2. The molecule has 94 valence electrons. The van der Waals surface area contributed by atoms with Crippen LogP contribution in [0.25, 0.3) is 11.0 Å². The second-order valence-corrected chi connectivity index (χ2v) is 4.57. The van der Waals surface area contributed by atoms with Crippen molar-refractivity contribution in [3.05, 3.63) is 65.5 Å². The van der Waals surface area contributed by atoms with E-state index < -0.39 is 0 Å². The first-order chi connectivity index (χ1) is 9.29. The van der Waals surface area contributed by atoms with E-state index in [1.54, 1.807) is 0 Å². The number of hydrogen-bond donors (Lipinski definition) is 0. The summed E-state index contributed by atoms with van der Waals surface area (Å²) in [6.07, 6.45) is 1.57. The topological polar surface area (TPSA) is 34.9 Å². The summed E-state index contributed by atoms with van der Waals surface area (Å²) in [6.45, 7) is 0. The van der Waals surface area contributed by atoms with Crippen LogP contribution in [0.1, 0.15) is 21.7 Å². The van der Waals surface area contributed by atoms with E-state index in [4.69, 9.17) is 0 Å². The summed E-state index contributed by atoms with van der Waals surface area (Å²) in [5.41, 5.74) is 3.84. The van der Waals surface area contributed by atoms with Gasteiger partial charge in [0.05, 0.1) is 11.0 Å². The van der Waals surface area contributed by atoms with Gasteiger partial charge in [-0.2, -0.15) is 0 Å². The number of fused-ring (bicyclic) bond motifs is 1. The molecule has 3 rings (SSSR count). The van der Waals surface area contributed by atoms with Crippen LogP contribution in [0.4, 0.5) is 0 Å². The number of carbonyl (C=O) groups excluding carboxylic acids is 1. The van der Waals surface area contributed by atoms with Crippen LogP contribution >= 0.6 is 0 Å². The summed E-state index contributed by atoms with van der Waals surface area (Å²) >= 11 is 0. The van der Waals surface area contributed by atoms with E-state index in [9.17, 15) is 4.79 Å². The van der Waals surface area contributed by atoms with Crippen LogP contribution in [0.3, 0.4) is 0 Å². The number of aryl methyl sites for hydroxylation is 1. The van der Waals surface area contributed by atoms with E-state index in [1.165, 1.54) is 0 Å². The van der Waals surface area contributed by atoms with Gasteiger partial charge in [-0.05, 0) is 17.7 Å². The second-order valence-electron chi connectivity index (χ2n) is 4.57. The van der Waals surface area contributed by atoms with E-state index in [2.05, 4.69) is 15.6 Å². The molecule has 0 fully saturated rings. The fraction of sp³-hybridized carbons (Fsp3) is 0.125. The molecule has 0 aliphatic heterocycles. The van der Waals surface area contributed by atoms with Crippen molar-refractivity contribution in [1.29, 1.82) is 0 Å². The van der Waals surface area contributed by atoms with Crippen LogP contribution < -0.4 is 0 Å². The highest BCUT2D eigenvalue weighted by Crippen LogP contribution is 2.18. The van der Waals surface area contributed by atoms with Crippen molar-refractivity contribution in [3.63, 3.8) is 0 Å². The van der Waals surface area contributed by atoms with Gasteiger partial charge in [-0.1, -0.05) is 36.4 Å². The van der Waals surface area contributed by atoms with Gasteiger partial charge < -0.3 is 4.57 Å². The summed E-state index contributed by atoms with van der Waals surface area (Å²) in [5, 5.41) is 0.